The lowest BCUT2D eigenvalue weighted by Gasteiger charge is -2.25. The van der Waals surface area contributed by atoms with Crippen molar-refractivity contribution in [3.63, 3.8) is 0 Å². The lowest BCUT2D eigenvalue weighted by atomic mass is 10.0. The molecular formula is C28H45N9O12. The van der Waals surface area contributed by atoms with Crippen LogP contribution in [0.5, 0.6) is 0 Å². The van der Waals surface area contributed by atoms with Gasteiger partial charge in [0.25, 0.3) is 0 Å². The molecule has 49 heavy (non-hydrogen) atoms. The van der Waals surface area contributed by atoms with E-state index in [0.717, 1.165) is 0 Å². The summed E-state index contributed by atoms with van der Waals surface area (Å²) in [6.07, 6.45) is 0.271. The number of aliphatic hydroxyl groups excluding tert-OH is 2. The van der Waals surface area contributed by atoms with Gasteiger partial charge in [-0.15, -0.1) is 0 Å². The van der Waals surface area contributed by atoms with Crippen LogP contribution in [0.15, 0.2) is 12.5 Å². The van der Waals surface area contributed by atoms with Crippen molar-refractivity contribution in [2.45, 2.75) is 95.9 Å². The van der Waals surface area contributed by atoms with E-state index in [-0.39, 0.29) is 6.42 Å². The van der Waals surface area contributed by atoms with Crippen LogP contribution in [-0.4, -0.2) is 133 Å². The molecule has 1 heterocycles. The van der Waals surface area contributed by atoms with Crippen molar-refractivity contribution in [1.29, 1.82) is 0 Å². The van der Waals surface area contributed by atoms with E-state index in [9.17, 15) is 58.8 Å². The van der Waals surface area contributed by atoms with E-state index in [1.54, 1.807) is 13.8 Å². The highest BCUT2D eigenvalue weighted by molar-refractivity contribution is 5.97. The fourth-order valence-electron chi connectivity index (χ4n) is 4.01. The van der Waals surface area contributed by atoms with Gasteiger partial charge in [-0.3, -0.25) is 33.6 Å². The molecule has 0 fully saturated rings. The number of carbonyl (C=O) groups is 8. The van der Waals surface area contributed by atoms with Crippen LogP contribution in [0.25, 0.3) is 0 Å². The van der Waals surface area contributed by atoms with E-state index in [4.69, 9.17) is 5.73 Å². The van der Waals surface area contributed by atoms with Gasteiger partial charge in [-0.25, -0.2) is 9.78 Å². The Morgan fingerprint density at radius 1 is 0.735 bits per heavy atom. The summed E-state index contributed by atoms with van der Waals surface area (Å²) in [7, 11) is 0. The Balaban J connectivity index is 3.01. The van der Waals surface area contributed by atoms with Crippen molar-refractivity contribution >= 4 is 47.4 Å². The Morgan fingerprint density at radius 3 is 1.65 bits per heavy atom. The molecule has 21 heteroatoms. The lowest BCUT2D eigenvalue weighted by molar-refractivity contribution is -0.144. The van der Waals surface area contributed by atoms with Crippen molar-refractivity contribution in [3.05, 3.63) is 18.2 Å². The Morgan fingerprint density at radius 2 is 1.22 bits per heavy atom. The van der Waals surface area contributed by atoms with Crippen molar-refractivity contribution < 1.29 is 58.8 Å². The molecule has 0 aliphatic heterocycles. The summed E-state index contributed by atoms with van der Waals surface area (Å²) in [5, 5.41) is 51.2. The Hall–Kier alpha value is -5.15. The van der Waals surface area contributed by atoms with Crippen LogP contribution < -0.4 is 37.6 Å². The predicted octanol–water partition coefficient (Wildman–Crippen LogP) is -5.18. The number of carboxylic acid groups (broad SMARTS) is 2. The van der Waals surface area contributed by atoms with Gasteiger partial charge >= 0.3 is 11.9 Å². The molecule has 0 aromatic carbocycles. The molecule has 0 bridgehead atoms. The summed E-state index contributed by atoms with van der Waals surface area (Å²) in [6, 6.07) is -10.1. The van der Waals surface area contributed by atoms with E-state index in [0.29, 0.717) is 5.69 Å². The molecule has 1 rings (SSSR count). The number of nitrogens with one attached hydrogen (secondary N) is 7. The van der Waals surface area contributed by atoms with Gasteiger partial charge in [0.15, 0.2) is 0 Å². The summed E-state index contributed by atoms with van der Waals surface area (Å²) in [6.45, 7) is 5.86. The SMILES string of the molecule is CC(C)[C@H](NC(=O)[C@H](CO)NC(=O)[C@H](C)NC(=O)[C@H](Cc1cnc[nH]1)NC(=O)[C@H](C)NC(=O)[C@H](CC(=O)O)NC(=O)[C@@H](N)[C@@H](C)O)C(=O)O. The molecule has 274 valence electrons. The number of hydrogen-bond donors (Lipinski definition) is 12. The zero-order valence-corrected chi connectivity index (χ0v) is 27.6. The first-order valence-corrected chi connectivity index (χ1v) is 15.1. The molecule has 0 aliphatic rings. The minimum atomic E-state index is -1.68. The number of amides is 6. The van der Waals surface area contributed by atoms with Crippen molar-refractivity contribution in [1.82, 2.24) is 41.9 Å². The third kappa shape index (κ3) is 13.9. The van der Waals surface area contributed by atoms with Gasteiger partial charge in [-0.2, -0.15) is 0 Å². The standard InChI is InChI=1S/C28H45N9O12/c1-11(2)21(28(48)49)37-26(46)18(9-38)36-23(43)13(4)32-24(44)16(6-15-8-30-10-31-15)34-22(42)12(3)33-25(45)17(7-19(40)41)35-27(47)20(29)14(5)39/h8,10-14,16-18,20-21,38-39H,6-7,9,29H2,1-5H3,(H,30,31)(H,32,44)(H,33,45)(H,34,42)(H,35,47)(H,36,43)(H,37,46)(H,40,41)(H,48,49)/t12-,13-,14+,16-,17-,18-,20-,21-/m0/s1. The molecule has 0 spiro atoms. The Kier molecular flexibility index (Phi) is 16.8. The molecule has 0 saturated heterocycles. The predicted molar refractivity (Wildman–Crippen MR) is 167 cm³/mol. The largest absolute Gasteiger partial charge is 0.481 e. The summed E-state index contributed by atoms with van der Waals surface area (Å²) in [5.41, 5.74) is 5.92. The van der Waals surface area contributed by atoms with E-state index in [2.05, 4.69) is 41.9 Å². The smallest absolute Gasteiger partial charge is 0.326 e. The molecule has 0 saturated carbocycles. The number of H-pyrrole nitrogens is 1. The second-order valence-electron chi connectivity index (χ2n) is 11.5. The number of aliphatic carboxylic acids is 2. The average molecular weight is 700 g/mol. The van der Waals surface area contributed by atoms with Crippen molar-refractivity contribution in [3.8, 4) is 0 Å². The second kappa shape index (κ2) is 19.6. The first-order valence-electron chi connectivity index (χ1n) is 15.1. The van der Waals surface area contributed by atoms with E-state index in [1.165, 1.54) is 33.3 Å². The number of hydrogen-bond acceptors (Lipinski definition) is 12. The van der Waals surface area contributed by atoms with Gasteiger partial charge in [-0.1, -0.05) is 13.8 Å². The Bertz CT molecular complexity index is 1340. The minimum Gasteiger partial charge on any atom is -0.481 e. The van der Waals surface area contributed by atoms with Crippen LogP contribution in [-0.2, 0) is 44.8 Å². The number of carboxylic acids is 2. The molecule has 8 atom stereocenters. The molecule has 1 aromatic heterocycles. The molecular weight excluding hydrogens is 654 g/mol. The molecule has 6 amide bonds. The summed E-state index contributed by atoms with van der Waals surface area (Å²) in [4.78, 5) is 106. The lowest BCUT2D eigenvalue weighted by Crippen LogP contribution is -2.60. The normalized spacial score (nSPS) is 15.9. The fourth-order valence-corrected chi connectivity index (χ4v) is 4.01. The maximum absolute atomic E-state index is 13.3. The quantitative estimate of drug-likeness (QED) is 0.0605. The zero-order valence-electron chi connectivity index (χ0n) is 27.6. The highest BCUT2D eigenvalue weighted by atomic mass is 16.4. The van der Waals surface area contributed by atoms with Crippen LogP contribution in [0.1, 0.15) is 46.7 Å². The van der Waals surface area contributed by atoms with Gasteiger partial charge in [0.05, 0.1) is 25.5 Å². The number of aromatic nitrogens is 2. The maximum Gasteiger partial charge on any atom is 0.326 e. The molecule has 21 nitrogen and oxygen atoms in total. The third-order valence-corrected chi connectivity index (χ3v) is 7.00. The number of imidazole rings is 1. The number of nitrogens with zero attached hydrogens (tertiary/aromatic N) is 1. The van der Waals surface area contributed by atoms with Gasteiger partial charge in [0.1, 0.15) is 42.3 Å². The topological polar surface area (TPSA) is 344 Å². The monoisotopic (exact) mass is 699 g/mol. The van der Waals surface area contributed by atoms with Gasteiger partial charge in [0, 0.05) is 18.3 Å². The van der Waals surface area contributed by atoms with Gasteiger partial charge < -0.3 is 63.0 Å². The summed E-state index contributed by atoms with van der Waals surface area (Å²) in [5.74, 6) is -9.15. The number of rotatable bonds is 20. The van der Waals surface area contributed by atoms with E-state index < -0.39 is 115 Å². The molecule has 0 unspecified atom stereocenters. The number of carbonyl (C=O) groups excluding carboxylic acids is 6. The highest BCUT2D eigenvalue weighted by Crippen LogP contribution is 2.04. The van der Waals surface area contributed by atoms with Gasteiger partial charge in [0.2, 0.25) is 35.4 Å². The summed E-state index contributed by atoms with van der Waals surface area (Å²) < 4.78 is 0. The van der Waals surface area contributed by atoms with Crippen LogP contribution in [0.3, 0.4) is 0 Å². The van der Waals surface area contributed by atoms with Crippen molar-refractivity contribution in [2.75, 3.05) is 6.61 Å². The Labute approximate surface area is 280 Å². The molecule has 0 radical (unpaired) electrons. The number of aromatic amines is 1. The number of aliphatic hydroxyl groups is 2. The van der Waals surface area contributed by atoms with Crippen LogP contribution in [0, 0.1) is 5.92 Å². The van der Waals surface area contributed by atoms with E-state index in [1.807, 2.05) is 0 Å². The minimum absolute atomic E-state index is 0.186. The van der Waals surface area contributed by atoms with Crippen LogP contribution >= 0.6 is 0 Å². The first-order chi connectivity index (χ1) is 22.8. The average Bonchev–Trinajstić information content (AvgIpc) is 3.53. The zero-order chi connectivity index (χ0) is 37.6. The van der Waals surface area contributed by atoms with Crippen LogP contribution in [0.4, 0.5) is 0 Å². The fraction of sp³-hybridized carbons (Fsp3) is 0.607. The molecule has 1 aromatic rings. The van der Waals surface area contributed by atoms with Crippen molar-refractivity contribution in [2.24, 2.45) is 11.7 Å². The third-order valence-electron chi connectivity index (χ3n) is 7.00. The number of nitrogens with two attached hydrogens (primary N) is 1. The van der Waals surface area contributed by atoms with E-state index >= 15 is 0 Å². The maximum atomic E-state index is 13.3. The van der Waals surface area contributed by atoms with Gasteiger partial charge in [-0.05, 0) is 26.7 Å². The molecule has 0 aliphatic carbocycles. The summed E-state index contributed by atoms with van der Waals surface area (Å²) >= 11 is 0. The molecule has 13 N–H and O–H groups in total. The second-order valence-corrected chi connectivity index (χ2v) is 11.5. The first kappa shape index (κ1) is 41.9. The van der Waals surface area contributed by atoms with Crippen LogP contribution in [0.2, 0.25) is 0 Å². The highest BCUT2D eigenvalue weighted by Gasteiger charge is 2.33.